The predicted molar refractivity (Wildman–Crippen MR) is 88.3 cm³/mol. The van der Waals surface area contributed by atoms with E-state index in [4.69, 9.17) is 5.73 Å². The summed E-state index contributed by atoms with van der Waals surface area (Å²) < 4.78 is 0. The first kappa shape index (κ1) is 15.8. The van der Waals surface area contributed by atoms with Gasteiger partial charge in [-0.25, -0.2) is 0 Å². The van der Waals surface area contributed by atoms with Crippen LogP contribution in [-0.4, -0.2) is 29.9 Å². The van der Waals surface area contributed by atoms with Gasteiger partial charge in [0.2, 0.25) is 5.91 Å². The Morgan fingerprint density at radius 2 is 2.24 bits per heavy atom. The Morgan fingerprint density at radius 1 is 1.43 bits per heavy atom. The molecule has 1 unspecified atom stereocenters. The Bertz CT molecular complexity index is 485. The van der Waals surface area contributed by atoms with Crippen molar-refractivity contribution in [1.82, 2.24) is 4.90 Å². The van der Waals surface area contributed by atoms with Crippen LogP contribution in [0.5, 0.6) is 0 Å². The van der Waals surface area contributed by atoms with E-state index in [0.717, 1.165) is 17.8 Å². The lowest BCUT2D eigenvalue weighted by Gasteiger charge is -2.35. The number of rotatable bonds is 5. The van der Waals surface area contributed by atoms with Crippen molar-refractivity contribution < 1.29 is 4.79 Å². The monoisotopic (exact) mass is 289 g/mol. The molecule has 1 aromatic carbocycles. The van der Waals surface area contributed by atoms with Gasteiger partial charge in [-0.15, -0.1) is 0 Å². The van der Waals surface area contributed by atoms with Gasteiger partial charge >= 0.3 is 0 Å². The topological polar surface area (TPSA) is 58.4 Å². The van der Waals surface area contributed by atoms with Crippen LogP contribution in [-0.2, 0) is 4.79 Å². The average molecular weight is 289 g/mol. The fraction of sp³-hybridized carbons (Fsp3) is 0.588. The molecule has 1 amide bonds. The third-order valence-corrected chi connectivity index (χ3v) is 4.25. The van der Waals surface area contributed by atoms with Gasteiger partial charge in [0.25, 0.3) is 0 Å². The molecule has 0 aromatic heterocycles. The van der Waals surface area contributed by atoms with Crippen molar-refractivity contribution in [2.45, 2.75) is 52.0 Å². The minimum Gasteiger partial charge on any atom is -0.399 e. The largest absolute Gasteiger partial charge is 0.399 e. The van der Waals surface area contributed by atoms with Crippen molar-refractivity contribution in [2.24, 2.45) is 0 Å². The lowest BCUT2D eigenvalue weighted by molar-refractivity contribution is -0.118. The maximum absolute atomic E-state index is 12.3. The molecule has 2 rings (SSSR count). The van der Waals surface area contributed by atoms with Crippen molar-refractivity contribution in [3.8, 4) is 0 Å². The van der Waals surface area contributed by atoms with Crippen LogP contribution in [0.3, 0.4) is 0 Å². The van der Waals surface area contributed by atoms with Gasteiger partial charge in [0, 0.05) is 17.4 Å². The van der Waals surface area contributed by atoms with Crippen LogP contribution in [0.15, 0.2) is 18.2 Å². The highest BCUT2D eigenvalue weighted by Crippen LogP contribution is 2.21. The van der Waals surface area contributed by atoms with Gasteiger partial charge in [-0.05, 0) is 50.4 Å². The SMILES string of the molecule is CCCC1CCCCN1CC(=O)Nc1cc(N)ccc1C. The summed E-state index contributed by atoms with van der Waals surface area (Å²) >= 11 is 0. The molecule has 4 heteroatoms. The summed E-state index contributed by atoms with van der Waals surface area (Å²) in [4.78, 5) is 14.6. The average Bonchev–Trinajstić information content (AvgIpc) is 2.45. The lowest BCUT2D eigenvalue weighted by Crippen LogP contribution is -2.43. The Morgan fingerprint density at radius 3 is 3.00 bits per heavy atom. The maximum atomic E-state index is 12.3. The molecule has 1 saturated heterocycles. The molecule has 3 N–H and O–H groups in total. The Kier molecular flexibility index (Phi) is 5.62. The van der Waals surface area contributed by atoms with Crippen LogP contribution < -0.4 is 11.1 Å². The van der Waals surface area contributed by atoms with E-state index in [1.54, 1.807) is 0 Å². The molecule has 4 nitrogen and oxygen atoms in total. The van der Waals surface area contributed by atoms with E-state index >= 15 is 0 Å². The molecule has 1 heterocycles. The molecule has 0 aliphatic carbocycles. The molecule has 1 aliphatic rings. The fourth-order valence-electron chi connectivity index (χ4n) is 3.08. The summed E-state index contributed by atoms with van der Waals surface area (Å²) in [5, 5.41) is 3.00. The van der Waals surface area contributed by atoms with E-state index in [2.05, 4.69) is 17.1 Å². The van der Waals surface area contributed by atoms with Crippen LogP contribution in [0.2, 0.25) is 0 Å². The molecule has 116 valence electrons. The number of nitrogens with one attached hydrogen (secondary N) is 1. The number of carbonyl (C=O) groups is 1. The minimum atomic E-state index is 0.0618. The number of benzene rings is 1. The molecule has 0 radical (unpaired) electrons. The van der Waals surface area contributed by atoms with E-state index in [1.165, 1.54) is 32.1 Å². The molecule has 1 fully saturated rings. The quantitative estimate of drug-likeness (QED) is 0.819. The number of nitrogens with two attached hydrogens (primary N) is 1. The van der Waals surface area contributed by atoms with Crippen molar-refractivity contribution >= 4 is 17.3 Å². The number of nitrogens with zero attached hydrogens (tertiary/aromatic N) is 1. The highest BCUT2D eigenvalue weighted by molar-refractivity contribution is 5.93. The van der Waals surface area contributed by atoms with Gasteiger partial charge in [-0.3, -0.25) is 9.69 Å². The van der Waals surface area contributed by atoms with Crippen LogP contribution in [0.25, 0.3) is 0 Å². The van der Waals surface area contributed by atoms with E-state index in [9.17, 15) is 4.79 Å². The first-order valence-electron chi connectivity index (χ1n) is 8.00. The first-order valence-corrected chi connectivity index (χ1v) is 8.00. The fourth-order valence-corrected chi connectivity index (χ4v) is 3.08. The lowest BCUT2D eigenvalue weighted by atomic mass is 9.98. The zero-order chi connectivity index (χ0) is 15.2. The molecular formula is C17H27N3O. The number of carbonyl (C=O) groups excluding carboxylic acids is 1. The molecule has 1 atom stereocenters. The molecule has 0 spiro atoms. The third kappa shape index (κ3) is 4.46. The van der Waals surface area contributed by atoms with Crippen LogP contribution in [0.1, 0.15) is 44.6 Å². The Balaban J connectivity index is 1.95. The number of amides is 1. The van der Waals surface area contributed by atoms with Gasteiger partial charge in [0.15, 0.2) is 0 Å². The third-order valence-electron chi connectivity index (χ3n) is 4.25. The van der Waals surface area contributed by atoms with E-state index < -0.39 is 0 Å². The first-order chi connectivity index (χ1) is 10.1. The summed E-state index contributed by atoms with van der Waals surface area (Å²) in [6.07, 6.45) is 6.07. The van der Waals surface area contributed by atoms with Gasteiger partial charge in [0.05, 0.1) is 6.54 Å². The number of aryl methyl sites for hydroxylation is 1. The minimum absolute atomic E-state index is 0.0618. The van der Waals surface area contributed by atoms with Crippen molar-refractivity contribution in [2.75, 3.05) is 24.1 Å². The highest BCUT2D eigenvalue weighted by atomic mass is 16.2. The van der Waals surface area contributed by atoms with Crippen molar-refractivity contribution in [1.29, 1.82) is 0 Å². The van der Waals surface area contributed by atoms with Crippen LogP contribution in [0, 0.1) is 6.92 Å². The van der Waals surface area contributed by atoms with Gasteiger partial charge in [-0.1, -0.05) is 25.8 Å². The number of nitrogen functional groups attached to an aromatic ring is 1. The molecule has 1 aromatic rings. The summed E-state index contributed by atoms with van der Waals surface area (Å²) in [7, 11) is 0. The zero-order valence-corrected chi connectivity index (χ0v) is 13.2. The van der Waals surface area contributed by atoms with Gasteiger partial charge in [-0.2, -0.15) is 0 Å². The molecule has 21 heavy (non-hydrogen) atoms. The normalized spacial score (nSPS) is 19.4. The van der Waals surface area contributed by atoms with Crippen molar-refractivity contribution in [3.05, 3.63) is 23.8 Å². The Hall–Kier alpha value is -1.55. The van der Waals surface area contributed by atoms with Gasteiger partial charge in [0.1, 0.15) is 0 Å². The number of hydrogen-bond donors (Lipinski definition) is 2. The summed E-state index contributed by atoms with van der Waals surface area (Å²) in [5.74, 6) is 0.0618. The molecule has 0 saturated carbocycles. The zero-order valence-electron chi connectivity index (χ0n) is 13.2. The van der Waals surface area contributed by atoms with Gasteiger partial charge < -0.3 is 11.1 Å². The maximum Gasteiger partial charge on any atom is 0.238 e. The van der Waals surface area contributed by atoms with E-state index in [1.807, 2.05) is 25.1 Å². The van der Waals surface area contributed by atoms with Crippen molar-refractivity contribution in [3.63, 3.8) is 0 Å². The molecule has 1 aliphatic heterocycles. The van der Waals surface area contributed by atoms with Crippen LogP contribution in [0.4, 0.5) is 11.4 Å². The summed E-state index contributed by atoms with van der Waals surface area (Å²) in [6.45, 7) is 5.71. The number of anilines is 2. The number of likely N-dealkylation sites (tertiary alicyclic amines) is 1. The second kappa shape index (κ2) is 7.46. The van der Waals surface area contributed by atoms with E-state index in [-0.39, 0.29) is 5.91 Å². The highest BCUT2D eigenvalue weighted by Gasteiger charge is 2.23. The second-order valence-electron chi connectivity index (χ2n) is 6.03. The molecular weight excluding hydrogens is 262 g/mol. The van der Waals surface area contributed by atoms with Crippen LogP contribution >= 0.6 is 0 Å². The summed E-state index contributed by atoms with van der Waals surface area (Å²) in [6, 6.07) is 6.18. The second-order valence-corrected chi connectivity index (χ2v) is 6.03. The van der Waals surface area contributed by atoms with E-state index in [0.29, 0.717) is 18.3 Å². The number of piperidine rings is 1. The predicted octanol–water partition coefficient (Wildman–Crippen LogP) is 3.17. The standard InChI is InChI=1S/C17H27N3O/c1-3-6-15-7-4-5-10-20(15)12-17(21)19-16-11-14(18)9-8-13(16)2/h8-9,11,15H,3-7,10,12,18H2,1-2H3,(H,19,21). The Labute approximate surface area is 127 Å². The molecule has 0 bridgehead atoms. The summed E-state index contributed by atoms with van der Waals surface area (Å²) in [5.41, 5.74) is 8.33. The number of hydrogen-bond acceptors (Lipinski definition) is 3. The smallest absolute Gasteiger partial charge is 0.238 e.